The molecule has 1 atom stereocenters. The molecule has 2 aliphatic rings. The van der Waals surface area contributed by atoms with Gasteiger partial charge in [-0.25, -0.2) is 14.7 Å². The second-order valence-electron chi connectivity index (χ2n) is 10.8. The second-order valence-corrected chi connectivity index (χ2v) is 10.8. The van der Waals surface area contributed by atoms with E-state index >= 15 is 0 Å². The van der Waals surface area contributed by atoms with E-state index in [1.807, 2.05) is 66.2 Å². The minimum Gasteiger partial charge on any atom is -0.494 e. The number of ether oxygens (including phenoxy) is 1. The lowest BCUT2D eigenvalue weighted by Crippen LogP contribution is -2.46. The monoisotopic (exact) mass is 567 g/mol. The summed E-state index contributed by atoms with van der Waals surface area (Å²) in [4.78, 5) is 14.8. The fraction of sp³-hybridized carbons (Fsp3) is 0.171. The summed E-state index contributed by atoms with van der Waals surface area (Å²) in [6.45, 7) is 4.68. The molecule has 7 rings (SSSR count). The lowest BCUT2D eigenvalue weighted by atomic mass is 9.93. The van der Waals surface area contributed by atoms with Crippen LogP contribution in [-0.2, 0) is 0 Å². The molecule has 1 N–H and O–H groups in total. The first-order valence-electron chi connectivity index (χ1n) is 14.5. The van der Waals surface area contributed by atoms with Gasteiger partial charge in [0.15, 0.2) is 17.5 Å². The Morgan fingerprint density at radius 3 is 2.28 bits per heavy atom. The smallest absolute Gasteiger partial charge is 0.179 e. The zero-order valence-electron chi connectivity index (χ0n) is 24.7. The number of aliphatic imine (C=N–C) groups is 2. The molecule has 0 aliphatic carbocycles. The van der Waals surface area contributed by atoms with E-state index in [9.17, 15) is 0 Å². The summed E-state index contributed by atoms with van der Waals surface area (Å²) in [6.07, 6.45) is 0. The Labute approximate surface area is 251 Å². The van der Waals surface area contributed by atoms with E-state index in [-0.39, 0.29) is 6.04 Å². The van der Waals surface area contributed by atoms with Crippen LogP contribution in [0, 0.1) is 6.92 Å². The average molecular weight is 568 g/mol. The number of para-hydroxylation sites is 3. The van der Waals surface area contributed by atoms with Crippen molar-refractivity contribution < 1.29 is 4.74 Å². The largest absolute Gasteiger partial charge is 0.494 e. The lowest BCUT2D eigenvalue weighted by Gasteiger charge is -2.40. The molecule has 43 heavy (non-hydrogen) atoms. The van der Waals surface area contributed by atoms with E-state index in [0.717, 1.165) is 62.7 Å². The molecule has 2 aliphatic heterocycles. The number of aryl methyl sites for hydroxylation is 1. The third kappa shape index (κ3) is 4.70. The number of nitrogens with zero attached hydrogens (tertiary/aromatic N) is 6. The van der Waals surface area contributed by atoms with Crippen LogP contribution < -0.4 is 19.9 Å². The van der Waals surface area contributed by atoms with Crippen molar-refractivity contribution in [2.45, 2.75) is 19.9 Å². The average Bonchev–Trinajstić information content (AvgIpc) is 3.37. The Kier molecular flexibility index (Phi) is 6.66. The maximum atomic E-state index is 5.66. The SMILES string of the molecule is CCOc1ccc(NC2=Nc3ccccc3N3C2=Nc2c(c(C)nn2-c2ccccc2)[C@@H]3c2ccc(N(C)C)cc2)cc1. The van der Waals surface area contributed by atoms with Gasteiger partial charge in [0.1, 0.15) is 5.75 Å². The normalized spacial score (nSPS) is 15.1. The Bertz CT molecular complexity index is 1840. The van der Waals surface area contributed by atoms with Gasteiger partial charge in [0.05, 0.1) is 35.4 Å². The quantitative estimate of drug-likeness (QED) is 0.231. The Balaban J connectivity index is 1.44. The van der Waals surface area contributed by atoms with Gasteiger partial charge in [0, 0.05) is 31.0 Å². The van der Waals surface area contributed by atoms with Crippen molar-refractivity contribution in [1.82, 2.24) is 9.78 Å². The van der Waals surface area contributed by atoms with E-state index in [1.54, 1.807) is 0 Å². The highest BCUT2D eigenvalue weighted by Crippen LogP contribution is 2.48. The first kappa shape index (κ1) is 26.5. The van der Waals surface area contributed by atoms with E-state index < -0.39 is 0 Å². The molecule has 0 saturated carbocycles. The van der Waals surface area contributed by atoms with Gasteiger partial charge < -0.3 is 19.9 Å². The summed E-state index contributed by atoms with van der Waals surface area (Å²) in [6, 6.07) is 34.9. The lowest BCUT2D eigenvalue weighted by molar-refractivity contribution is 0.340. The minimum atomic E-state index is -0.176. The molecule has 4 aromatic carbocycles. The van der Waals surface area contributed by atoms with E-state index in [1.165, 1.54) is 0 Å². The zero-order valence-corrected chi connectivity index (χ0v) is 24.7. The van der Waals surface area contributed by atoms with Gasteiger partial charge in [-0.15, -0.1) is 0 Å². The molecule has 0 radical (unpaired) electrons. The summed E-state index contributed by atoms with van der Waals surface area (Å²) >= 11 is 0. The molecule has 0 bridgehead atoms. The van der Waals surface area contributed by atoms with E-state index in [4.69, 9.17) is 19.8 Å². The minimum absolute atomic E-state index is 0.176. The highest BCUT2D eigenvalue weighted by Gasteiger charge is 2.41. The number of rotatable bonds is 6. The van der Waals surface area contributed by atoms with Crippen molar-refractivity contribution >= 4 is 40.2 Å². The Hall–Kier alpha value is -5.37. The second kappa shape index (κ2) is 10.8. The van der Waals surface area contributed by atoms with Crippen LogP contribution in [0.3, 0.4) is 0 Å². The Morgan fingerprint density at radius 1 is 0.837 bits per heavy atom. The number of hydrogen-bond donors (Lipinski definition) is 1. The van der Waals surface area contributed by atoms with Crippen LogP contribution in [0.15, 0.2) is 113 Å². The molecule has 8 heteroatoms. The predicted molar refractivity (Wildman–Crippen MR) is 175 cm³/mol. The predicted octanol–water partition coefficient (Wildman–Crippen LogP) is 7.44. The summed E-state index contributed by atoms with van der Waals surface area (Å²) < 4.78 is 7.61. The summed E-state index contributed by atoms with van der Waals surface area (Å²) in [5.41, 5.74) is 8.02. The summed E-state index contributed by atoms with van der Waals surface area (Å²) in [5.74, 6) is 3.03. The number of benzene rings is 4. The molecule has 0 spiro atoms. The van der Waals surface area contributed by atoms with E-state index in [0.29, 0.717) is 12.4 Å². The standard InChI is InChI=1S/C35H33N7O/c1-5-43-28-21-17-25(18-22-28)36-33-35-38-34-31(23(2)39-42(34)27-11-7-6-8-12-27)32(24-15-19-26(20-16-24)40(3)4)41(35)30-14-10-9-13-29(30)37-33/h6-22,32H,5H2,1-4H3,(H,36,37)/t32-/m0/s1. The highest BCUT2D eigenvalue weighted by atomic mass is 16.5. The molecule has 0 fully saturated rings. The summed E-state index contributed by atoms with van der Waals surface area (Å²) in [7, 11) is 4.12. The van der Waals surface area contributed by atoms with Crippen LogP contribution in [0.5, 0.6) is 5.75 Å². The molecule has 5 aromatic rings. The van der Waals surface area contributed by atoms with Crippen LogP contribution in [0.25, 0.3) is 5.69 Å². The Morgan fingerprint density at radius 2 is 1.56 bits per heavy atom. The van der Waals surface area contributed by atoms with Crippen LogP contribution in [0.1, 0.15) is 29.8 Å². The maximum absolute atomic E-state index is 5.66. The molecule has 214 valence electrons. The number of amidine groups is 2. The van der Waals surface area contributed by atoms with Crippen LogP contribution >= 0.6 is 0 Å². The molecular weight excluding hydrogens is 534 g/mol. The van der Waals surface area contributed by atoms with Gasteiger partial charge in [-0.05, 0) is 80.1 Å². The molecule has 8 nitrogen and oxygen atoms in total. The first-order chi connectivity index (χ1) is 21.0. The molecule has 0 unspecified atom stereocenters. The zero-order chi connectivity index (χ0) is 29.5. The van der Waals surface area contributed by atoms with Crippen molar-refractivity contribution in [2.75, 3.05) is 35.8 Å². The van der Waals surface area contributed by atoms with Crippen molar-refractivity contribution in [3.05, 3.63) is 120 Å². The van der Waals surface area contributed by atoms with Crippen molar-refractivity contribution in [2.24, 2.45) is 9.98 Å². The summed E-state index contributed by atoms with van der Waals surface area (Å²) in [5, 5.41) is 8.60. The molecule has 1 aromatic heterocycles. The fourth-order valence-corrected chi connectivity index (χ4v) is 5.75. The highest BCUT2D eigenvalue weighted by molar-refractivity contribution is 6.51. The first-order valence-corrected chi connectivity index (χ1v) is 14.5. The maximum Gasteiger partial charge on any atom is 0.179 e. The van der Waals surface area contributed by atoms with Crippen molar-refractivity contribution in [3.63, 3.8) is 0 Å². The third-order valence-electron chi connectivity index (χ3n) is 7.79. The van der Waals surface area contributed by atoms with Crippen LogP contribution in [0.4, 0.5) is 28.6 Å². The van der Waals surface area contributed by atoms with Crippen molar-refractivity contribution in [3.8, 4) is 11.4 Å². The van der Waals surface area contributed by atoms with Gasteiger partial charge >= 0.3 is 0 Å². The number of fused-ring (bicyclic) bond motifs is 4. The van der Waals surface area contributed by atoms with Gasteiger partial charge in [-0.3, -0.25) is 0 Å². The number of aromatic nitrogens is 2. The number of hydrogen-bond acceptors (Lipinski definition) is 7. The molecule has 3 heterocycles. The van der Waals surface area contributed by atoms with Crippen LogP contribution in [-0.4, -0.2) is 42.2 Å². The number of anilines is 3. The van der Waals surface area contributed by atoms with Gasteiger partial charge in [0.25, 0.3) is 0 Å². The van der Waals surface area contributed by atoms with Gasteiger partial charge in [-0.1, -0.05) is 42.5 Å². The topological polar surface area (TPSA) is 70.3 Å². The molecule has 0 saturated heterocycles. The number of nitrogens with one attached hydrogen (secondary N) is 1. The van der Waals surface area contributed by atoms with Gasteiger partial charge in [0.2, 0.25) is 0 Å². The van der Waals surface area contributed by atoms with Gasteiger partial charge in [-0.2, -0.15) is 5.10 Å². The molecular formula is C35H33N7O. The van der Waals surface area contributed by atoms with Crippen LogP contribution in [0.2, 0.25) is 0 Å². The fourth-order valence-electron chi connectivity index (χ4n) is 5.75. The van der Waals surface area contributed by atoms with E-state index in [2.05, 4.69) is 84.7 Å². The third-order valence-corrected chi connectivity index (χ3v) is 7.79. The van der Waals surface area contributed by atoms with Crippen molar-refractivity contribution in [1.29, 1.82) is 0 Å². The molecule has 0 amide bonds.